The molecule has 0 unspecified atom stereocenters. The number of Topliss-reactive ketones (excluding diaryl/α,β-unsaturated/α-hetero) is 1. The van der Waals surface area contributed by atoms with E-state index in [0.717, 1.165) is 21.7 Å². The van der Waals surface area contributed by atoms with Gasteiger partial charge >= 0.3 is 12.1 Å². The van der Waals surface area contributed by atoms with Gasteiger partial charge in [-0.15, -0.1) is 16.9 Å². The molecule has 1 aromatic heterocycles. The molecule has 8 N–H and O–H groups in total. The Morgan fingerprint density at radius 2 is 1.33 bits per heavy atom. The number of aliphatic hydroxyl groups is 1. The molecule has 1 fully saturated rings. The van der Waals surface area contributed by atoms with E-state index in [9.17, 15) is 48.3 Å². The van der Waals surface area contributed by atoms with Gasteiger partial charge in [-0.3, -0.25) is 38.5 Å². The minimum atomic E-state index is -1.12. The third kappa shape index (κ3) is 31.6. The fraction of sp³-hybridized carbons (Fsp3) is 0.614. The number of carbonyl (C=O) groups excluding carboxylic acids is 9. The van der Waals surface area contributed by atoms with Crippen molar-refractivity contribution in [3.63, 3.8) is 0 Å². The maximum absolute atomic E-state index is 14.9. The lowest BCUT2D eigenvalue weighted by Gasteiger charge is -2.41. The number of nitrogens with two attached hydrogens (primary N) is 1. The van der Waals surface area contributed by atoms with Crippen LogP contribution in [-0.4, -0.2) is 244 Å². The minimum Gasteiger partial charge on any atom is -0.445 e. The molecule has 0 aliphatic carbocycles. The van der Waals surface area contributed by atoms with Crippen molar-refractivity contribution in [2.24, 2.45) is 41.2 Å². The van der Waals surface area contributed by atoms with Crippen LogP contribution in [0.25, 0.3) is 15.4 Å². The SMILES string of the molecule is [C-]#[N+]C=C(SC)c1ccc(-n2cc(COCCOCCOCCOCCOCCC(=O)N[C@H](C(=O)N[C@@H](CCCNC(N)=O)C(=O)Nc3ccc(COC(=O)N(C)[C@H](C(=O)N[C@H](C(=O)N(C)[C@@H]([C@@H](C)CC)[C@@H](CC(=O)N4CCC[C@H]4[C@H](OC)[C@@H](C)C(=O)C[C@H](C)[C@@H](O)c4ccccc4)OC)C(C)C)C(C)C)cc3)C(C)C)nn2)cc1. The van der Waals surface area contributed by atoms with Gasteiger partial charge in [-0.25, -0.2) is 19.1 Å². The molecule has 2 heterocycles. The van der Waals surface area contributed by atoms with Crippen molar-refractivity contribution >= 4 is 75.7 Å². The van der Waals surface area contributed by atoms with Gasteiger partial charge in [0.1, 0.15) is 42.3 Å². The molecule has 0 radical (unpaired) electrons. The number of urea groups is 1. The molecule has 4 aromatic rings. The van der Waals surface area contributed by atoms with E-state index in [1.165, 1.54) is 37.0 Å². The molecule has 0 spiro atoms. The molecule has 5 rings (SSSR count). The van der Waals surface area contributed by atoms with Crippen molar-refractivity contribution in [2.75, 3.05) is 112 Å². The number of ether oxygens (including phenoxy) is 8. The summed E-state index contributed by atoms with van der Waals surface area (Å²) in [5.74, 6) is -5.33. The standard InChI is InChI=1S/C83H125N13O18S/c1-17-56(8)75(68(107-14)48-71(99)95-37-22-26-66(95)77(108-15)58(10)67(97)47-57(9)76(100)61-23-19-18-20-24-61)93(12)81(104)73(54(4)5)90-80(103)74(55(6)7)94(13)83(106)114-51-59-27-31-62(32-28-59)87-78(101)65(25-21-36-86-82(84)105)88-79(102)72(53(2)3)89-70(98)35-38-109-39-40-110-41-42-111-43-44-112-45-46-113-52-63-50-96(92-91-63)64-33-29-60(30-34-64)69(115-16)49-85-11/h18-20,23-24,27-34,49-50,53-58,65-66,68,72-77,100H,17,21-22,25-26,35-48,51-52H2,1-10,12-16H3,(H,87,101)(H,88,102)(H,89,98)(H,90,103)(H3,84,86,105)/t56-,57-,58-,65-,66-,68+,72-,73-,74-,75-,76+,77+/m0/s1. The van der Waals surface area contributed by atoms with Gasteiger partial charge in [0.25, 0.3) is 0 Å². The molecule has 0 saturated carbocycles. The van der Waals surface area contributed by atoms with Gasteiger partial charge in [-0.2, -0.15) is 0 Å². The molecule has 1 saturated heterocycles. The number of aromatic nitrogens is 3. The van der Waals surface area contributed by atoms with Crippen LogP contribution in [0.15, 0.2) is 91.3 Å². The number of nitrogens with zero attached hydrogens (tertiary/aromatic N) is 7. The van der Waals surface area contributed by atoms with Crippen LogP contribution < -0.4 is 32.3 Å². The average Bonchev–Trinajstić information content (AvgIpc) is 1.78. The van der Waals surface area contributed by atoms with Crippen LogP contribution in [0.3, 0.4) is 0 Å². The van der Waals surface area contributed by atoms with Crippen LogP contribution in [0.1, 0.15) is 149 Å². The van der Waals surface area contributed by atoms with Crippen molar-refractivity contribution in [1.82, 2.24) is 51.0 Å². The van der Waals surface area contributed by atoms with Crippen molar-refractivity contribution in [2.45, 2.75) is 188 Å². The van der Waals surface area contributed by atoms with Crippen LogP contribution in [0.2, 0.25) is 0 Å². The Hall–Kier alpha value is -8.91. The summed E-state index contributed by atoms with van der Waals surface area (Å²) in [7, 11) is 6.13. The van der Waals surface area contributed by atoms with Crippen molar-refractivity contribution in [1.29, 1.82) is 0 Å². The van der Waals surface area contributed by atoms with E-state index in [2.05, 4.69) is 41.7 Å². The molecule has 12 atom stereocenters. The van der Waals surface area contributed by atoms with Gasteiger partial charge < -0.3 is 85.1 Å². The van der Waals surface area contributed by atoms with E-state index >= 15 is 0 Å². The monoisotopic (exact) mass is 1620 g/mol. The molecule has 9 amide bonds. The predicted molar refractivity (Wildman–Crippen MR) is 437 cm³/mol. The molecular formula is C83H125N13O18S. The van der Waals surface area contributed by atoms with E-state index in [0.29, 0.717) is 82.4 Å². The van der Waals surface area contributed by atoms with E-state index in [1.807, 2.05) is 88.5 Å². The summed E-state index contributed by atoms with van der Waals surface area (Å²) in [6, 6.07) is 17.2. The van der Waals surface area contributed by atoms with Gasteiger partial charge in [0.15, 0.2) is 6.20 Å². The number of methoxy groups -OCH3 is 2. The van der Waals surface area contributed by atoms with Gasteiger partial charge in [0, 0.05) is 70.8 Å². The number of aliphatic hydroxyl groups excluding tert-OH is 1. The molecule has 1 aliphatic heterocycles. The van der Waals surface area contributed by atoms with Crippen LogP contribution in [0, 0.1) is 42.1 Å². The summed E-state index contributed by atoms with van der Waals surface area (Å²) < 4.78 is 47.6. The maximum atomic E-state index is 14.9. The number of anilines is 1. The number of likely N-dealkylation sites (tertiary alicyclic amines) is 1. The highest BCUT2D eigenvalue weighted by Crippen LogP contribution is 2.33. The zero-order valence-corrected chi connectivity index (χ0v) is 70.5. The first-order chi connectivity index (χ1) is 55.0. The number of ketones is 1. The summed E-state index contributed by atoms with van der Waals surface area (Å²) >= 11 is 1.51. The second-order valence-electron chi connectivity index (χ2n) is 29.9. The largest absolute Gasteiger partial charge is 0.445 e. The summed E-state index contributed by atoms with van der Waals surface area (Å²) in [4.78, 5) is 133. The Bertz CT molecular complexity index is 3730. The number of hydrogen-bond donors (Lipinski definition) is 7. The first-order valence-corrected chi connectivity index (χ1v) is 40.8. The number of likely N-dealkylation sites (N-methyl/N-ethyl adjacent to an activating group) is 2. The van der Waals surface area contributed by atoms with Crippen molar-refractivity contribution in [3.8, 4) is 5.69 Å². The molecule has 31 nitrogen and oxygen atoms in total. The lowest BCUT2D eigenvalue weighted by Crippen LogP contribution is -2.60. The molecule has 0 bridgehead atoms. The molecule has 3 aromatic carbocycles. The quantitative estimate of drug-likeness (QED) is 0.0161. The average molecular weight is 1630 g/mol. The highest BCUT2D eigenvalue weighted by atomic mass is 32.2. The third-order valence-electron chi connectivity index (χ3n) is 20.4. The second kappa shape index (κ2) is 51.2. The second-order valence-corrected chi connectivity index (χ2v) is 30.8. The van der Waals surface area contributed by atoms with Crippen LogP contribution in [0.4, 0.5) is 15.3 Å². The summed E-state index contributed by atoms with van der Waals surface area (Å²) in [5, 5.41) is 33.2. The highest BCUT2D eigenvalue weighted by Gasteiger charge is 2.44. The molecule has 1 aliphatic rings. The van der Waals surface area contributed by atoms with E-state index in [-0.39, 0.29) is 95.2 Å². The van der Waals surface area contributed by atoms with Gasteiger partial charge in [-0.05, 0) is 102 Å². The lowest BCUT2D eigenvalue weighted by atomic mass is 9.85. The van der Waals surface area contributed by atoms with Crippen LogP contribution in [0.5, 0.6) is 0 Å². The van der Waals surface area contributed by atoms with Crippen molar-refractivity contribution in [3.05, 3.63) is 125 Å². The number of primary amides is 1. The van der Waals surface area contributed by atoms with E-state index in [4.69, 9.17) is 50.2 Å². The summed E-state index contributed by atoms with van der Waals surface area (Å²) in [6.45, 7) is 28.6. The highest BCUT2D eigenvalue weighted by molar-refractivity contribution is 8.07. The number of thioether (sulfide) groups is 1. The summed E-state index contributed by atoms with van der Waals surface area (Å²) in [6.07, 6.45) is 4.44. The smallest absolute Gasteiger partial charge is 0.410 e. The number of nitrogens with one attached hydrogen (secondary N) is 5. The molecule has 32 heteroatoms. The number of amides is 9. The zero-order valence-electron chi connectivity index (χ0n) is 69.7. The predicted octanol–water partition coefficient (Wildman–Crippen LogP) is 8.52. The minimum absolute atomic E-state index is 0.0519. The Kier molecular flexibility index (Phi) is 43.1. The Morgan fingerprint density at radius 1 is 0.713 bits per heavy atom. The van der Waals surface area contributed by atoms with Crippen LogP contribution in [-0.2, 0) is 84.7 Å². The number of benzene rings is 3. The molecule has 636 valence electrons. The Morgan fingerprint density at radius 3 is 1.90 bits per heavy atom. The maximum Gasteiger partial charge on any atom is 0.410 e. The summed E-state index contributed by atoms with van der Waals surface area (Å²) in [5.41, 5.74) is 9.33. The number of carbonyl (C=O) groups is 9. The fourth-order valence-electron chi connectivity index (χ4n) is 13.7. The normalized spacial score (nSPS) is 15.9. The lowest BCUT2D eigenvalue weighted by molar-refractivity contribution is -0.148. The number of hydrogen-bond acceptors (Lipinski definition) is 21. The van der Waals surface area contributed by atoms with Gasteiger partial charge in [-0.1, -0.05) is 135 Å². The number of rotatable bonds is 53. The topological polar surface area (TPSA) is 379 Å². The first-order valence-electron chi connectivity index (χ1n) is 39.6. The van der Waals surface area contributed by atoms with Gasteiger partial charge in [0.05, 0.1) is 121 Å². The molecular weight excluding hydrogens is 1500 g/mol. The van der Waals surface area contributed by atoms with Gasteiger partial charge in [0.2, 0.25) is 35.4 Å². The zero-order chi connectivity index (χ0) is 84.7. The van der Waals surface area contributed by atoms with Crippen molar-refractivity contribution < 1.29 is 86.2 Å². The Labute approximate surface area is 682 Å². The molecule has 115 heavy (non-hydrogen) atoms. The first kappa shape index (κ1) is 96.7. The van der Waals surface area contributed by atoms with Crippen LogP contribution >= 0.6 is 11.8 Å². The third-order valence-corrected chi connectivity index (χ3v) is 21.2. The Balaban J connectivity index is 1.04. The van der Waals surface area contributed by atoms with E-state index in [1.54, 1.807) is 101 Å². The van der Waals surface area contributed by atoms with E-state index < -0.39 is 120 Å². The fourth-order valence-corrected chi connectivity index (χ4v) is 14.3.